The van der Waals surface area contributed by atoms with Crippen LogP contribution in [0.4, 0.5) is 0 Å². The van der Waals surface area contributed by atoms with Crippen LogP contribution in [0.25, 0.3) is 0 Å². The molecule has 1 aromatic carbocycles. The molecule has 0 spiro atoms. The fraction of sp³-hybridized carbons (Fsp3) is 0.353. The van der Waals surface area contributed by atoms with Gasteiger partial charge in [0.2, 0.25) is 5.88 Å². The first-order valence-corrected chi connectivity index (χ1v) is 6.97. The maximum Gasteiger partial charge on any atom is 0.217 e. The highest BCUT2D eigenvalue weighted by atomic mass is 16.5. The predicted molar refractivity (Wildman–Crippen MR) is 83.3 cm³/mol. The van der Waals surface area contributed by atoms with Crippen LogP contribution in [0, 0.1) is 0 Å². The number of nitrogens with one attached hydrogen (secondary N) is 1. The van der Waals surface area contributed by atoms with Gasteiger partial charge in [0, 0.05) is 25.4 Å². The lowest BCUT2D eigenvalue weighted by Crippen LogP contribution is -2.43. The van der Waals surface area contributed by atoms with Crippen molar-refractivity contribution in [2.45, 2.75) is 19.0 Å². The van der Waals surface area contributed by atoms with Crippen molar-refractivity contribution in [2.24, 2.45) is 0 Å². The van der Waals surface area contributed by atoms with Gasteiger partial charge in [-0.1, -0.05) is 36.4 Å². The molecule has 1 aromatic heterocycles. The SMILES string of the molecule is COC[C@@](C)(NCc1cccnc1OC)c1ccccc1. The average Bonchev–Trinajstić information content (AvgIpc) is 2.54. The van der Waals surface area contributed by atoms with Crippen LogP contribution in [0.3, 0.4) is 0 Å². The number of hydrogen-bond donors (Lipinski definition) is 1. The van der Waals surface area contributed by atoms with E-state index in [0.29, 0.717) is 19.0 Å². The van der Waals surface area contributed by atoms with Crippen molar-refractivity contribution in [3.05, 3.63) is 59.8 Å². The number of rotatable bonds is 7. The molecule has 112 valence electrons. The molecule has 0 unspecified atom stereocenters. The topological polar surface area (TPSA) is 43.4 Å². The normalized spacial score (nSPS) is 13.7. The van der Waals surface area contributed by atoms with Crippen molar-refractivity contribution in [3.8, 4) is 5.88 Å². The number of hydrogen-bond acceptors (Lipinski definition) is 4. The first-order chi connectivity index (χ1) is 10.2. The molecule has 1 heterocycles. The molecular weight excluding hydrogens is 264 g/mol. The molecular formula is C17H22N2O2. The Bertz CT molecular complexity index is 560. The van der Waals surface area contributed by atoms with Gasteiger partial charge in [-0.25, -0.2) is 4.98 Å². The third kappa shape index (κ3) is 3.80. The van der Waals surface area contributed by atoms with E-state index in [2.05, 4.69) is 29.4 Å². The fourth-order valence-corrected chi connectivity index (χ4v) is 2.36. The second-order valence-electron chi connectivity index (χ2n) is 5.16. The molecule has 0 amide bonds. The summed E-state index contributed by atoms with van der Waals surface area (Å²) in [6, 6.07) is 14.2. The highest BCUT2D eigenvalue weighted by Crippen LogP contribution is 2.23. The molecule has 21 heavy (non-hydrogen) atoms. The maximum atomic E-state index is 5.40. The largest absolute Gasteiger partial charge is 0.481 e. The van der Waals surface area contributed by atoms with Crippen molar-refractivity contribution in [2.75, 3.05) is 20.8 Å². The number of benzene rings is 1. The second-order valence-corrected chi connectivity index (χ2v) is 5.16. The van der Waals surface area contributed by atoms with Crippen molar-refractivity contribution in [1.29, 1.82) is 0 Å². The highest BCUT2D eigenvalue weighted by Gasteiger charge is 2.26. The molecule has 0 saturated heterocycles. The smallest absolute Gasteiger partial charge is 0.217 e. The Morgan fingerprint density at radius 2 is 1.86 bits per heavy atom. The van der Waals surface area contributed by atoms with Crippen molar-refractivity contribution in [1.82, 2.24) is 10.3 Å². The third-order valence-electron chi connectivity index (χ3n) is 3.56. The van der Waals surface area contributed by atoms with Gasteiger partial charge in [-0.15, -0.1) is 0 Å². The van der Waals surface area contributed by atoms with E-state index in [1.54, 1.807) is 20.4 Å². The molecule has 0 saturated carbocycles. The van der Waals surface area contributed by atoms with Crippen LogP contribution >= 0.6 is 0 Å². The van der Waals surface area contributed by atoms with Gasteiger partial charge in [0.05, 0.1) is 19.3 Å². The molecule has 4 nitrogen and oxygen atoms in total. The van der Waals surface area contributed by atoms with E-state index >= 15 is 0 Å². The standard InChI is InChI=1S/C17H22N2O2/c1-17(13-20-2,15-9-5-4-6-10-15)19-12-14-8-7-11-18-16(14)21-3/h4-11,19H,12-13H2,1-3H3/t17-/m1/s1. The lowest BCUT2D eigenvalue weighted by molar-refractivity contribution is 0.117. The Hall–Kier alpha value is -1.91. The van der Waals surface area contributed by atoms with Gasteiger partial charge in [-0.05, 0) is 18.6 Å². The van der Waals surface area contributed by atoms with Crippen LogP contribution in [0.1, 0.15) is 18.1 Å². The van der Waals surface area contributed by atoms with E-state index in [-0.39, 0.29) is 5.54 Å². The Balaban J connectivity index is 2.17. The lowest BCUT2D eigenvalue weighted by atomic mass is 9.92. The van der Waals surface area contributed by atoms with Crippen molar-refractivity contribution < 1.29 is 9.47 Å². The van der Waals surface area contributed by atoms with Gasteiger partial charge in [0.25, 0.3) is 0 Å². The van der Waals surface area contributed by atoms with E-state index in [9.17, 15) is 0 Å². The third-order valence-corrected chi connectivity index (χ3v) is 3.56. The number of nitrogens with zero attached hydrogens (tertiary/aromatic N) is 1. The van der Waals surface area contributed by atoms with Gasteiger partial charge in [0.1, 0.15) is 0 Å². The van der Waals surface area contributed by atoms with Gasteiger partial charge < -0.3 is 14.8 Å². The first kappa shape index (κ1) is 15.5. The Labute approximate surface area is 126 Å². The summed E-state index contributed by atoms with van der Waals surface area (Å²) in [5, 5.41) is 3.56. The van der Waals surface area contributed by atoms with E-state index < -0.39 is 0 Å². The Morgan fingerprint density at radius 1 is 1.10 bits per heavy atom. The van der Waals surface area contributed by atoms with Crippen LogP contribution in [-0.4, -0.2) is 25.8 Å². The summed E-state index contributed by atoms with van der Waals surface area (Å²) >= 11 is 0. The number of ether oxygens (including phenoxy) is 2. The van der Waals surface area contributed by atoms with Gasteiger partial charge in [0.15, 0.2) is 0 Å². The van der Waals surface area contributed by atoms with Crippen molar-refractivity contribution >= 4 is 0 Å². The second kappa shape index (κ2) is 7.20. The number of pyridine rings is 1. The first-order valence-electron chi connectivity index (χ1n) is 6.97. The molecule has 2 rings (SSSR count). The van der Waals surface area contributed by atoms with Crippen LogP contribution in [0.2, 0.25) is 0 Å². The molecule has 2 aromatic rings. The summed E-state index contributed by atoms with van der Waals surface area (Å²) in [6.07, 6.45) is 1.73. The summed E-state index contributed by atoms with van der Waals surface area (Å²) in [5.74, 6) is 0.651. The van der Waals surface area contributed by atoms with Gasteiger partial charge >= 0.3 is 0 Å². The summed E-state index contributed by atoms with van der Waals surface area (Å²) in [5.41, 5.74) is 1.95. The average molecular weight is 286 g/mol. The molecule has 1 N–H and O–H groups in total. The monoisotopic (exact) mass is 286 g/mol. The summed E-state index contributed by atoms with van der Waals surface area (Å²) < 4.78 is 10.7. The molecule has 0 bridgehead atoms. The lowest BCUT2D eigenvalue weighted by Gasteiger charge is -2.31. The molecule has 1 atom stereocenters. The zero-order valence-electron chi connectivity index (χ0n) is 12.8. The molecule has 0 aliphatic heterocycles. The van der Waals surface area contributed by atoms with Crippen LogP contribution in [0.15, 0.2) is 48.7 Å². The van der Waals surface area contributed by atoms with Crippen LogP contribution in [0.5, 0.6) is 5.88 Å². The fourth-order valence-electron chi connectivity index (χ4n) is 2.36. The Kier molecular flexibility index (Phi) is 5.31. The van der Waals surface area contributed by atoms with E-state index in [4.69, 9.17) is 9.47 Å². The summed E-state index contributed by atoms with van der Waals surface area (Å²) in [6.45, 7) is 3.38. The summed E-state index contributed by atoms with van der Waals surface area (Å²) in [7, 11) is 3.35. The molecule has 0 radical (unpaired) electrons. The molecule has 0 aliphatic rings. The maximum absolute atomic E-state index is 5.40. The van der Waals surface area contributed by atoms with E-state index in [0.717, 1.165) is 5.56 Å². The van der Waals surface area contributed by atoms with Gasteiger partial charge in [-0.2, -0.15) is 0 Å². The van der Waals surface area contributed by atoms with Crippen molar-refractivity contribution in [3.63, 3.8) is 0 Å². The van der Waals surface area contributed by atoms with Crippen LogP contribution in [-0.2, 0) is 16.8 Å². The zero-order chi connectivity index (χ0) is 15.1. The van der Waals surface area contributed by atoms with E-state index in [1.165, 1.54) is 5.56 Å². The summed E-state index contributed by atoms with van der Waals surface area (Å²) in [4.78, 5) is 4.22. The predicted octanol–water partition coefficient (Wildman–Crippen LogP) is 2.74. The van der Waals surface area contributed by atoms with E-state index in [1.807, 2.05) is 30.3 Å². The molecule has 4 heteroatoms. The Morgan fingerprint density at radius 3 is 2.52 bits per heavy atom. The van der Waals surface area contributed by atoms with Crippen LogP contribution < -0.4 is 10.1 Å². The quantitative estimate of drug-likeness (QED) is 0.850. The zero-order valence-corrected chi connectivity index (χ0v) is 12.8. The minimum atomic E-state index is -0.267. The molecule has 0 aliphatic carbocycles. The number of aromatic nitrogens is 1. The minimum absolute atomic E-state index is 0.267. The molecule has 0 fully saturated rings. The van der Waals surface area contributed by atoms with Gasteiger partial charge in [-0.3, -0.25) is 0 Å². The number of methoxy groups -OCH3 is 2. The minimum Gasteiger partial charge on any atom is -0.481 e. The highest BCUT2D eigenvalue weighted by molar-refractivity contribution is 5.27.